The summed E-state index contributed by atoms with van der Waals surface area (Å²) in [5, 5.41) is 0. The largest absolute Gasteiger partial charge is 0.329 e. The number of rotatable bonds is 5. The van der Waals surface area contributed by atoms with Crippen molar-refractivity contribution in [1.82, 2.24) is 4.90 Å². The minimum absolute atomic E-state index is 0.266. The van der Waals surface area contributed by atoms with Crippen LogP contribution in [0.15, 0.2) is 0 Å². The van der Waals surface area contributed by atoms with Crippen LogP contribution in [0, 0.1) is 11.8 Å². The Morgan fingerprint density at radius 2 is 2.00 bits per heavy atom. The van der Waals surface area contributed by atoms with Gasteiger partial charge >= 0.3 is 0 Å². The van der Waals surface area contributed by atoms with Gasteiger partial charge in [0.05, 0.1) is 0 Å². The van der Waals surface area contributed by atoms with Crippen molar-refractivity contribution in [3.05, 3.63) is 0 Å². The normalized spacial score (nSPS) is 32.1. The summed E-state index contributed by atoms with van der Waals surface area (Å²) in [6, 6.07) is 0.643. The fourth-order valence-corrected chi connectivity index (χ4v) is 3.35. The zero-order valence-corrected chi connectivity index (χ0v) is 12.5. The molecule has 2 heteroatoms. The third kappa shape index (κ3) is 3.23. The van der Waals surface area contributed by atoms with Crippen molar-refractivity contribution in [3.63, 3.8) is 0 Å². The fraction of sp³-hybridized carbons (Fsp3) is 1.00. The summed E-state index contributed by atoms with van der Waals surface area (Å²) < 4.78 is 0. The first kappa shape index (κ1) is 15.0. The molecule has 1 aliphatic carbocycles. The van der Waals surface area contributed by atoms with Crippen molar-refractivity contribution in [2.45, 2.75) is 71.4 Å². The van der Waals surface area contributed by atoms with Crippen molar-refractivity contribution >= 4 is 0 Å². The van der Waals surface area contributed by atoms with Gasteiger partial charge in [0.15, 0.2) is 0 Å². The molecule has 0 aromatic carbocycles. The Morgan fingerprint density at radius 3 is 2.47 bits per heavy atom. The van der Waals surface area contributed by atoms with Crippen LogP contribution in [-0.4, -0.2) is 30.1 Å². The Morgan fingerprint density at radius 1 is 1.35 bits per heavy atom. The number of nitrogens with zero attached hydrogens (tertiary/aromatic N) is 1. The Labute approximate surface area is 108 Å². The first-order valence-corrected chi connectivity index (χ1v) is 7.40. The summed E-state index contributed by atoms with van der Waals surface area (Å²) in [7, 11) is 2.28. The predicted octanol–water partition coefficient (Wildman–Crippen LogP) is 3.26. The molecule has 1 rings (SSSR count). The molecule has 1 fully saturated rings. The van der Waals surface area contributed by atoms with E-state index in [0.717, 1.165) is 18.4 Å². The molecule has 0 radical (unpaired) electrons. The summed E-state index contributed by atoms with van der Waals surface area (Å²) in [6.45, 7) is 10.1. The maximum atomic E-state index is 6.15. The molecule has 2 nitrogen and oxygen atoms in total. The van der Waals surface area contributed by atoms with Crippen LogP contribution in [0.25, 0.3) is 0 Å². The Hall–Kier alpha value is -0.0800. The minimum Gasteiger partial charge on any atom is -0.329 e. The molecule has 0 spiro atoms. The molecule has 0 saturated heterocycles. The molecule has 102 valence electrons. The standard InChI is InChI=1S/C15H32N2/c1-6-13(4)17(5)15(11-16)9-7-8-14(10-15)12(2)3/h12-14H,6-11,16H2,1-5H3. The molecule has 0 amide bonds. The van der Waals surface area contributed by atoms with Crippen LogP contribution in [0.4, 0.5) is 0 Å². The van der Waals surface area contributed by atoms with E-state index in [1.165, 1.54) is 32.1 Å². The van der Waals surface area contributed by atoms with Gasteiger partial charge in [-0.15, -0.1) is 0 Å². The van der Waals surface area contributed by atoms with E-state index in [4.69, 9.17) is 5.73 Å². The van der Waals surface area contributed by atoms with Crippen LogP contribution in [0.2, 0.25) is 0 Å². The van der Waals surface area contributed by atoms with E-state index in [-0.39, 0.29) is 5.54 Å². The second-order valence-electron chi connectivity index (χ2n) is 6.40. The third-order valence-corrected chi connectivity index (χ3v) is 5.18. The number of hydrogen-bond donors (Lipinski definition) is 1. The van der Waals surface area contributed by atoms with Gasteiger partial charge in [-0.25, -0.2) is 0 Å². The highest BCUT2D eigenvalue weighted by Crippen LogP contribution is 2.39. The van der Waals surface area contributed by atoms with Crippen LogP contribution in [0.1, 0.15) is 59.8 Å². The molecular weight excluding hydrogens is 208 g/mol. The monoisotopic (exact) mass is 240 g/mol. The first-order chi connectivity index (χ1) is 7.96. The van der Waals surface area contributed by atoms with Gasteiger partial charge < -0.3 is 5.73 Å². The van der Waals surface area contributed by atoms with Crippen LogP contribution in [0.3, 0.4) is 0 Å². The lowest BCUT2D eigenvalue weighted by atomic mass is 9.70. The van der Waals surface area contributed by atoms with Gasteiger partial charge in [0.25, 0.3) is 0 Å². The van der Waals surface area contributed by atoms with Gasteiger partial charge in [0.1, 0.15) is 0 Å². The zero-order chi connectivity index (χ0) is 13.1. The minimum atomic E-state index is 0.266. The van der Waals surface area contributed by atoms with Crippen molar-refractivity contribution in [1.29, 1.82) is 0 Å². The molecule has 0 aromatic rings. The maximum absolute atomic E-state index is 6.15. The number of hydrogen-bond acceptors (Lipinski definition) is 2. The second kappa shape index (κ2) is 6.19. The van der Waals surface area contributed by atoms with E-state index in [2.05, 4.69) is 39.6 Å². The average Bonchev–Trinajstić information content (AvgIpc) is 2.36. The van der Waals surface area contributed by atoms with E-state index >= 15 is 0 Å². The maximum Gasteiger partial charge on any atom is 0.0334 e. The smallest absolute Gasteiger partial charge is 0.0334 e. The van der Waals surface area contributed by atoms with Gasteiger partial charge in [-0.3, -0.25) is 4.90 Å². The molecule has 3 unspecified atom stereocenters. The first-order valence-electron chi connectivity index (χ1n) is 7.40. The topological polar surface area (TPSA) is 29.3 Å². The lowest BCUT2D eigenvalue weighted by molar-refractivity contribution is 0.0186. The van der Waals surface area contributed by atoms with E-state index in [9.17, 15) is 0 Å². The molecule has 0 bridgehead atoms. The highest BCUT2D eigenvalue weighted by atomic mass is 15.2. The Bertz CT molecular complexity index is 227. The van der Waals surface area contributed by atoms with Gasteiger partial charge in [-0.1, -0.05) is 33.6 Å². The number of nitrogens with two attached hydrogens (primary N) is 1. The number of likely N-dealkylation sites (N-methyl/N-ethyl adjacent to an activating group) is 1. The Balaban J connectivity index is 2.79. The molecule has 1 aliphatic rings. The lowest BCUT2D eigenvalue weighted by Gasteiger charge is -2.50. The fourth-order valence-electron chi connectivity index (χ4n) is 3.35. The summed E-state index contributed by atoms with van der Waals surface area (Å²) >= 11 is 0. The van der Waals surface area contributed by atoms with Crippen LogP contribution in [0.5, 0.6) is 0 Å². The van der Waals surface area contributed by atoms with Crippen LogP contribution >= 0.6 is 0 Å². The van der Waals surface area contributed by atoms with Crippen molar-refractivity contribution in [2.75, 3.05) is 13.6 Å². The quantitative estimate of drug-likeness (QED) is 0.799. The zero-order valence-electron chi connectivity index (χ0n) is 12.5. The van der Waals surface area contributed by atoms with Gasteiger partial charge in [0.2, 0.25) is 0 Å². The highest BCUT2D eigenvalue weighted by Gasteiger charge is 2.40. The molecule has 2 N–H and O–H groups in total. The van der Waals surface area contributed by atoms with E-state index in [1.807, 2.05) is 0 Å². The second-order valence-corrected chi connectivity index (χ2v) is 6.40. The van der Waals surface area contributed by atoms with Crippen LogP contribution in [-0.2, 0) is 0 Å². The average molecular weight is 240 g/mol. The highest BCUT2D eigenvalue weighted by molar-refractivity contribution is 4.97. The summed E-state index contributed by atoms with van der Waals surface area (Å²) in [4.78, 5) is 2.57. The van der Waals surface area contributed by atoms with Crippen molar-refractivity contribution in [3.8, 4) is 0 Å². The molecule has 0 aliphatic heterocycles. The van der Waals surface area contributed by atoms with Crippen molar-refractivity contribution < 1.29 is 0 Å². The van der Waals surface area contributed by atoms with Crippen LogP contribution < -0.4 is 5.73 Å². The lowest BCUT2D eigenvalue weighted by Crippen LogP contribution is -2.57. The molecule has 3 atom stereocenters. The van der Waals surface area contributed by atoms with Gasteiger partial charge in [-0.2, -0.15) is 0 Å². The molecule has 0 heterocycles. The summed E-state index contributed by atoms with van der Waals surface area (Å²) in [6.07, 6.45) is 6.54. The third-order valence-electron chi connectivity index (χ3n) is 5.18. The molecular formula is C15H32N2. The van der Waals surface area contributed by atoms with Gasteiger partial charge in [0, 0.05) is 18.1 Å². The van der Waals surface area contributed by atoms with E-state index in [1.54, 1.807) is 0 Å². The predicted molar refractivity (Wildman–Crippen MR) is 76.1 cm³/mol. The summed E-state index contributed by atoms with van der Waals surface area (Å²) in [5.41, 5.74) is 6.42. The Kier molecular flexibility index (Phi) is 5.46. The molecule has 17 heavy (non-hydrogen) atoms. The summed E-state index contributed by atoms with van der Waals surface area (Å²) in [5.74, 6) is 1.66. The molecule has 0 aromatic heterocycles. The van der Waals surface area contributed by atoms with E-state index < -0.39 is 0 Å². The van der Waals surface area contributed by atoms with Crippen molar-refractivity contribution in [2.24, 2.45) is 17.6 Å². The van der Waals surface area contributed by atoms with Gasteiger partial charge in [-0.05, 0) is 45.1 Å². The van der Waals surface area contributed by atoms with E-state index in [0.29, 0.717) is 6.04 Å². The SMILES string of the molecule is CCC(C)N(C)C1(CN)CCCC(C(C)C)C1. The molecule has 1 saturated carbocycles.